The van der Waals surface area contributed by atoms with Gasteiger partial charge in [0.05, 0.1) is 22.8 Å². The van der Waals surface area contributed by atoms with E-state index in [2.05, 4.69) is 123 Å². The lowest BCUT2D eigenvalue weighted by Crippen LogP contribution is -2.52. The van der Waals surface area contributed by atoms with Crippen molar-refractivity contribution in [2.75, 3.05) is 12.4 Å². The summed E-state index contributed by atoms with van der Waals surface area (Å²) in [6.45, 7) is 0. The molecule has 0 unspecified atom stereocenters. The van der Waals surface area contributed by atoms with E-state index in [1.807, 2.05) is 18.2 Å². The zero-order chi connectivity index (χ0) is 26.6. The number of nitrogens with zero attached hydrogens (tertiary/aromatic N) is 3. The molecular formula is C34H25BN4O. The first-order valence-corrected chi connectivity index (χ1v) is 13.5. The number of fused-ring (bicyclic) bond motifs is 1. The summed E-state index contributed by atoms with van der Waals surface area (Å²) >= 11 is 0. The Morgan fingerprint density at radius 1 is 0.625 bits per heavy atom. The van der Waals surface area contributed by atoms with Gasteiger partial charge in [-0.3, -0.25) is 0 Å². The van der Waals surface area contributed by atoms with Gasteiger partial charge in [-0.05, 0) is 59.7 Å². The Kier molecular flexibility index (Phi) is 5.15. The number of hydrogen-bond donors (Lipinski definition) is 1. The van der Waals surface area contributed by atoms with Crippen LogP contribution in [-0.2, 0) is 4.65 Å². The van der Waals surface area contributed by atoms with Crippen molar-refractivity contribution in [1.29, 1.82) is 0 Å². The van der Waals surface area contributed by atoms with E-state index in [0.29, 0.717) is 0 Å². The minimum Gasteiger partial charge on any atom is -0.400 e. The fourth-order valence-electron chi connectivity index (χ4n) is 6.14. The van der Waals surface area contributed by atoms with E-state index in [0.717, 1.165) is 61.6 Å². The Morgan fingerprint density at radius 2 is 1.23 bits per heavy atom. The fourth-order valence-corrected chi connectivity index (χ4v) is 6.14. The number of rotatable bonds is 5. The van der Waals surface area contributed by atoms with Crippen LogP contribution < -0.4 is 16.0 Å². The Morgan fingerprint density at radius 3 is 1.90 bits per heavy atom. The Labute approximate surface area is 232 Å². The van der Waals surface area contributed by atoms with E-state index < -0.39 is 7.19 Å². The highest BCUT2D eigenvalue weighted by molar-refractivity contribution is 6.50. The Balaban J connectivity index is 1.55. The summed E-state index contributed by atoms with van der Waals surface area (Å²) in [5.74, 6) is 0. The van der Waals surface area contributed by atoms with Crippen molar-refractivity contribution >= 4 is 35.4 Å². The van der Waals surface area contributed by atoms with Gasteiger partial charge in [-0.25, -0.2) is 4.99 Å². The summed E-state index contributed by atoms with van der Waals surface area (Å²) in [7, 11) is 1.40. The maximum atomic E-state index is 6.36. The molecule has 0 saturated carbocycles. The Hall–Kier alpha value is -5.07. The van der Waals surface area contributed by atoms with Crippen LogP contribution in [0.25, 0.3) is 16.8 Å². The molecule has 40 heavy (non-hydrogen) atoms. The van der Waals surface area contributed by atoms with E-state index in [1.165, 1.54) is 5.57 Å². The molecule has 190 valence electrons. The van der Waals surface area contributed by atoms with E-state index in [-0.39, 0.29) is 0 Å². The minimum absolute atomic E-state index is 0.391. The van der Waals surface area contributed by atoms with Gasteiger partial charge in [0.15, 0.2) is 0 Å². The molecule has 5 heterocycles. The van der Waals surface area contributed by atoms with Crippen molar-refractivity contribution in [1.82, 2.24) is 8.96 Å². The molecule has 0 saturated heterocycles. The fraction of sp³-hybridized carbons (Fsp3) is 0.0294. The largest absolute Gasteiger partial charge is 0.557 e. The molecular weight excluding hydrogens is 491 g/mol. The van der Waals surface area contributed by atoms with Gasteiger partial charge in [0.2, 0.25) is 0 Å². The standard InChI is InChI=1S/C34H25BN4O/c1-40-35-38-28-19-20-29(38)33(24-13-7-3-8-14-24)30-21-22-31(39(30)35)34(36-25-15-9-4-10-16-25)27-18-17-26(37-27)32(28)23-11-5-2-6-12-23/h2-22,36H,1H3. The second kappa shape index (κ2) is 9.01. The lowest BCUT2D eigenvalue weighted by molar-refractivity contribution is 0.396. The molecule has 5 nitrogen and oxygen atoms in total. The molecule has 0 radical (unpaired) electrons. The summed E-state index contributed by atoms with van der Waals surface area (Å²) in [6, 6.07) is 40.2. The van der Waals surface area contributed by atoms with Crippen molar-refractivity contribution in [3.05, 3.63) is 166 Å². The quantitative estimate of drug-likeness (QED) is 0.339. The van der Waals surface area contributed by atoms with Crippen molar-refractivity contribution in [3.8, 4) is 0 Å². The molecule has 3 aliphatic heterocycles. The van der Waals surface area contributed by atoms with Gasteiger partial charge in [-0.15, -0.1) is 0 Å². The smallest absolute Gasteiger partial charge is 0.400 e. The summed E-state index contributed by atoms with van der Waals surface area (Å²) in [5.41, 5.74) is 10.4. The number of anilines is 1. The number of para-hydroxylation sites is 1. The molecule has 0 atom stereocenters. The highest BCUT2D eigenvalue weighted by Crippen LogP contribution is 2.34. The van der Waals surface area contributed by atoms with Crippen molar-refractivity contribution in [2.24, 2.45) is 4.99 Å². The normalized spacial score (nSPS) is 15.0. The molecule has 0 aliphatic carbocycles. The molecule has 5 aromatic rings. The predicted octanol–water partition coefficient (Wildman–Crippen LogP) is 4.88. The van der Waals surface area contributed by atoms with Crippen LogP contribution in [0.2, 0.25) is 0 Å². The molecule has 3 aromatic carbocycles. The van der Waals surface area contributed by atoms with E-state index in [1.54, 1.807) is 7.11 Å². The molecule has 4 bridgehead atoms. The van der Waals surface area contributed by atoms with Gasteiger partial charge in [0.25, 0.3) is 0 Å². The monoisotopic (exact) mass is 516 g/mol. The molecule has 1 N–H and O–H groups in total. The lowest BCUT2D eigenvalue weighted by Gasteiger charge is -2.28. The third-order valence-corrected chi connectivity index (χ3v) is 7.83. The maximum absolute atomic E-state index is 6.36. The van der Waals surface area contributed by atoms with Crippen molar-refractivity contribution in [3.63, 3.8) is 0 Å². The van der Waals surface area contributed by atoms with Crippen LogP contribution in [-0.4, -0.2) is 29.0 Å². The second-order valence-corrected chi connectivity index (χ2v) is 10.1. The van der Waals surface area contributed by atoms with Crippen LogP contribution in [0.1, 0.15) is 22.5 Å². The van der Waals surface area contributed by atoms with Gasteiger partial charge in [-0.1, -0.05) is 78.9 Å². The summed E-state index contributed by atoms with van der Waals surface area (Å²) in [4.78, 5) is 5.23. The first-order chi connectivity index (χ1) is 19.8. The zero-order valence-electron chi connectivity index (χ0n) is 22.0. The average Bonchev–Trinajstić information content (AvgIpc) is 3.76. The van der Waals surface area contributed by atoms with Gasteiger partial charge in [0.1, 0.15) is 0 Å². The highest BCUT2D eigenvalue weighted by atomic mass is 16.4. The number of aromatic nitrogens is 2. The summed E-state index contributed by atoms with van der Waals surface area (Å²) in [5, 5.41) is 5.88. The van der Waals surface area contributed by atoms with Crippen LogP contribution in [0.3, 0.4) is 0 Å². The van der Waals surface area contributed by atoms with E-state index in [4.69, 9.17) is 9.65 Å². The van der Waals surface area contributed by atoms with E-state index >= 15 is 0 Å². The van der Waals surface area contributed by atoms with Crippen LogP contribution >= 0.6 is 0 Å². The third-order valence-electron chi connectivity index (χ3n) is 7.83. The van der Waals surface area contributed by atoms with Crippen LogP contribution in [0, 0.1) is 0 Å². The van der Waals surface area contributed by atoms with Gasteiger partial charge < -0.3 is 18.9 Å². The number of hydrogen-bond acceptors (Lipinski definition) is 3. The van der Waals surface area contributed by atoms with Gasteiger partial charge in [0, 0.05) is 40.3 Å². The molecule has 0 spiro atoms. The van der Waals surface area contributed by atoms with Crippen LogP contribution in [0.4, 0.5) is 5.69 Å². The molecule has 0 fully saturated rings. The number of nitrogens with one attached hydrogen (secondary N) is 1. The van der Waals surface area contributed by atoms with Crippen molar-refractivity contribution in [2.45, 2.75) is 0 Å². The molecule has 2 aromatic heterocycles. The minimum atomic E-state index is -0.391. The highest BCUT2D eigenvalue weighted by Gasteiger charge is 2.37. The first kappa shape index (κ1) is 22.9. The lowest BCUT2D eigenvalue weighted by atomic mass is 9.89. The predicted molar refractivity (Wildman–Crippen MR) is 162 cm³/mol. The van der Waals surface area contributed by atoms with Gasteiger partial charge >= 0.3 is 7.19 Å². The van der Waals surface area contributed by atoms with Gasteiger partial charge in [-0.2, -0.15) is 0 Å². The zero-order valence-corrected chi connectivity index (χ0v) is 22.0. The SMILES string of the molecule is COB1n2c3ccc2C(c2ccccc2)=c2ccc(n21)=C(c1ccccc1)C1=NC(=C3Nc2ccccc2)C=C1. The average molecular weight is 516 g/mol. The van der Waals surface area contributed by atoms with E-state index in [9.17, 15) is 0 Å². The van der Waals surface area contributed by atoms with Crippen LogP contribution in [0.5, 0.6) is 0 Å². The maximum Gasteiger partial charge on any atom is 0.557 e. The molecule has 6 heteroatoms. The topological polar surface area (TPSA) is 43.5 Å². The molecule has 3 aliphatic rings. The summed E-state index contributed by atoms with van der Waals surface area (Å²) in [6.07, 6.45) is 4.24. The number of aliphatic imine (C=N–C) groups is 1. The molecule has 0 amide bonds. The number of benzene rings is 3. The second-order valence-electron chi connectivity index (χ2n) is 10.1. The summed E-state index contributed by atoms with van der Waals surface area (Å²) < 4.78 is 11.0. The van der Waals surface area contributed by atoms with Crippen LogP contribution in [0.15, 0.2) is 138 Å². The first-order valence-electron chi connectivity index (χ1n) is 13.5. The number of allylic oxidation sites excluding steroid dienone is 2. The third kappa shape index (κ3) is 3.36. The Bertz CT molecular complexity index is 2000. The van der Waals surface area contributed by atoms with Crippen molar-refractivity contribution < 1.29 is 4.65 Å². The molecule has 8 rings (SSSR count).